The fourth-order valence-corrected chi connectivity index (χ4v) is 5.28. The van der Waals surface area contributed by atoms with Crippen molar-refractivity contribution in [1.29, 1.82) is 0 Å². The first-order chi connectivity index (χ1) is 16.6. The molecule has 0 saturated carbocycles. The van der Waals surface area contributed by atoms with Gasteiger partial charge in [0.25, 0.3) is 0 Å². The molecule has 0 atom stereocenters. The SMILES string of the molecule is C.C.Cc1cnc2c(c1)C[N+](Cc1ccccc1)(Cc1ccccc1)C2.Cc1cnc2c(c1)C[NH2+]C2. The molecule has 4 aromatic rings. The van der Waals surface area contributed by atoms with Crippen molar-refractivity contribution in [2.45, 2.75) is 68.0 Å². The molecule has 6 rings (SSSR count). The lowest BCUT2D eigenvalue weighted by atomic mass is 10.1. The molecule has 0 amide bonds. The van der Waals surface area contributed by atoms with Crippen LogP contribution in [0.1, 0.15) is 59.6 Å². The van der Waals surface area contributed by atoms with Gasteiger partial charge in [-0.3, -0.25) is 9.97 Å². The zero-order valence-corrected chi connectivity index (χ0v) is 20.2. The smallest absolute Gasteiger partial charge is 0.123 e. The van der Waals surface area contributed by atoms with Gasteiger partial charge < -0.3 is 9.80 Å². The minimum Gasteiger partial charge on any atom is -0.337 e. The van der Waals surface area contributed by atoms with Crippen molar-refractivity contribution >= 4 is 0 Å². The molecule has 0 saturated heterocycles. The Balaban J connectivity index is 0.000000254. The Morgan fingerprint density at radius 1 is 0.667 bits per heavy atom. The summed E-state index contributed by atoms with van der Waals surface area (Å²) in [6, 6.07) is 26.3. The molecule has 2 N–H and O–H groups in total. The highest BCUT2D eigenvalue weighted by Gasteiger charge is 2.37. The molecule has 0 unspecified atom stereocenters. The summed E-state index contributed by atoms with van der Waals surface area (Å²) in [6.07, 6.45) is 3.95. The van der Waals surface area contributed by atoms with Crippen LogP contribution in [0.2, 0.25) is 0 Å². The van der Waals surface area contributed by atoms with Crippen LogP contribution in [-0.4, -0.2) is 14.5 Å². The van der Waals surface area contributed by atoms with Crippen LogP contribution in [-0.2, 0) is 39.3 Å². The average Bonchev–Trinajstić information content (AvgIpc) is 3.44. The van der Waals surface area contributed by atoms with Crippen molar-refractivity contribution in [3.05, 3.63) is 130 Å². The van der Waals surface area contributed by atoms with E-state index in [9.17, 15) is 0 Å². The van der Waals surface area contributed by atoms with Crippen LogP contribution < -0.4 is 5.32 Å². The van der Waals surface area contributed by atoms with Gasteiger partial charge in [0.15, 0.2) is 0 Å². The summed E-state index contributed by atoms with van der Waals surface area (Å²) >= 11 is 0. The van der Waals surface area contributed by atoms with E-state index >= 15 is 0 Å². The van der Waals surface area contributed by atoms with Crippen LogP contribution in [0.15, 0.2) is 85.2 Å². The molecule has 4 nitrogen and oxygen atoms in total. The molecular weight excluding hydrogens is 440 g/mol. The van der Waals surface area contributed by atoms with E-state index in [4.69, 9.17) is 4.98 Å². The van der Waals surface area contributed by atoms with Crippen molar-refractivity contribution in [2.75, 3.05) is 0 Å². The first-order valence-corrected chi connectivity index (χ1v) is 12.2. The van der Waals surface area contributed by atoms with Gasteiger partial charge in [-0.2, -0.15) is 0 Å². The maximum Gasteiger partial charge on any atom is 0.123 e. The third kappa shape index (κ3) is 6.45. The molecule has 4 heteroatoms. The van der Waals surface area contributed by atoms with Gasteiger partial charge in [-0.15, -0.1) is 0 Å². The fourth-order valence-electron chi connectivity index (χ4n) is 5.28. The van der Waals surface area contributed by atoms with Crippen LogP contribution in [0, 0.1) is 13.8 Å². The molecule has 0 bridgehead atoms. The van der Waals surface area contributed by atoms with Gasteiger partial charge >= 0.3 is 0 Å². The third-order valence-electron chi connectivity index (χ3n) is 6.81. The van der Waals surface area contributed by atoms with E-state index in [1.54, 1.807) is 0 Å². The molecule has 188 valence electrons. The molecule has 0 radical (unpaired) electrons. The summed E-state index contributed by atoms with van der Waals surface area (Å²) < 4.78 is 1.03. The number of aromatic nitrogens is 2. The number of fused-ring (bicyclic) bond motifs is 2. The zero-order chi connectivity index (χ0) is 23.4. The van der Waals surface area contributed by atoms with Gasteiger partial charge in [-0.25, -0.2) is 0 Å². The van der Waals surface area contributed by atoms with E-state index in [1.807, 2.05) is 12.4 Å². The van der Waals surface area contributed by atoms with Gasteiger partial charge in [0, 0.05) is 34.6 Å². The predicted molar refractivity (Wildman–Crippen MR) is 149 cm³/mol. The number of benzene rings is 2. The Morgan fingerprint density at radius 3 is 1.78 bits per heavy atom. The van der Waals surface area contributed by atoms with Crippen LogP contribution in [0.25, 0.3) is 0 Å². The van der Waals surface area contributed by atoms with E-state index < -0.39 is 0 Å². The average molecular weight is 483 g/mol. The van der Waals surface area contributed by atoms with Crippen LogP contribution in [0.3, 0.4) is 0 Å². The molecule has 4 heterocycles. The molecule has 0 fully saturated rings. The lowest BCUT2D eigenvalue weighted by molar-refractivity contribution is -0.972. The van der Waals surface area contributed by atoms with E-state index in [1.165, 1.54) is 44.8 Å². The molecule has 0 spiro atoms. The van der Waals surface area contributed by atoms with Gasteiger partial charge in [-0.05, 0) is 37.1 Å². The Hall–Kier alpha value is -3.34. The normalized spacial score (nSPS) is 14.4. The number of hydrogen-bond donors (Lipinski definition) is 1. The Kier molecular flexibility index (Phi) is 9.14. The highest BCUT2D eigenvalue weighted by atomic mass is 15.4. The summed E-state index contributed by atoms with van der Waals surface area (Å²) in [7, 11) is 0. The second-order valence-electron chi connectivity index (χ2n) is 9.88. The highest BCUT2D eigenvalue weighted by Crippen LogP contribution is 2.34. The molecule has 2 aliphatic rings. The molecule has 2 aromatic carbocycles. The monoisotopic (exact) mass is 482 g/mol. The van der Waals surface area contributed by atoms with Crippen molar-refractivity contribution in [2.24, 2.45) is 0 Å². The lowest BCUT2D eigenvalue weighted by Crippen LogP contribution is -2.77. The quantitative estimate of drug-likeness (QED) is 0.370. The van der Waals surface area contributed by atoms with Gasteiger partial charge in [0.05, 0.1) is 0 Å². The van der Waals surface area contributed by atoms with Gasteiger partial charge in [-0.1, -0.05) is 75.5 Å². The van der Waals surface area contributed by atoms with Gasteiger partial charge in [0.1, 0.15) is 50.7 Å². The third-order valence-corrected chi connectivity index (χ3v) is 6.81. The molecule has 2 aliphatic heterocycles. The number of rotatable bonds is 4. The van der Waals surface area contributed by atoms with Crippen molar-refractivity contribution in [1.82, 2.24) is 9.97 Å². The van der Waals surface area contributed by atoms with E-state index in [2.05, 4.69) is 96.9 Å². The topological polar surface area (TPSA) is 42.4 Å². The van der Waals surface area contributed by atoms with Crippen molar-refractivity contribution in [3.8, 4) is 0 Å². The molecule has 36 heavy (non-hydrogen) atoms. The number of hydrogen-bond acceptors (Lipinski definition) is 2. The van der Waals surface area contributed by atoms with Crippen LogP contribution >= 0.6 is 0 Å². The summed E-state index contributed by atoms with van der Waals surface area (Å²) in [6.45, 7) is 10.6. The Labute approximate surface area is 217 Å². The first-order valence-electron chi connectivity index (χ1n) is 12.2. The Morgan fingerprint density at radius 2 is 1.19 bits per heavy atom. The van der Waals surface area contributed by atoms with Crippen LogP contribution in [0.5, 0.6) is 0 Å². The zero-order valence-electron chi connectivity index (χ0n) is 20.2. The summed E-state index contributed by atoms with van der Waals surface area (Å²) in [5.74, 6) is 0. The van der Waals surface area contributed by atoms with E-state index in [-0.39, 0.29) is 14.9 Å². The summed E-state index contributed by atoms with van der Waals surface area (Å²) in [4.78, 5) is 9.05. The highest BCUT2D eigenvalue weighted by molar-refractivity contribution is 5.27. The summed E-state index contributed by atoms with van der Waals surface area (Å²) in [5, 5.41) is 2.27. The van der Waals surface area contributed by atoms with E-state index in [0.717, 1.165) is 43.8 Å². The molecule has 2 aromatic heterocycles. The second-order valence-corrected chi connectivity index (χ2v) is 9.88. The number of nitrogens with two attached hydrogens (primary N) is 1. The van der Waals surface area contributed by atoms with Crippen molar-refractivity contribution in [3.63, 3.8) is 0 Å². The lowest BCUT2D eigenvalue weighted by Gasteiger charge is -2.34. The van der Waals surface area contributed by atoms with Crippen LogP contribution in [0.4, 0.5) is 0 Å². The van der Waals surface area contributed by atoms with Crippen molar-refractivity contribution < 1.29 is 9.80 Å². The van der Waals surface area contributed by atoms with Gasteiger partial charge in [0.2, 0.25) is 0 Å². The fraction of sp³-hybridized carbons (Fsp3) is 0.312. The number of pyridine rings is 2. The maximum absolute atomic E-state index is 4.72. The number of quaternary nitrogens is 2. The Bertz CT molecular complexity index is 1210. The standard InChI is InChI=1S/C22H23N2.C8H10N2.2CH4/c1-18-12-21-16-24(17-22(21)23-13-18,14-19-8-4-2-5-9-19)15-20-10-6-3-7-11-20;1-6-2-7-4-9-5-8(7)10-3-6;;/h2-13H,14-17H2,1H3;2-3,9H,4-5H2,1H3;2*1H4/q+1;;;/p+1. The largest absolute Gasteiger partial charge is 0.337 e. The second kappa shape index (κ2) is 12.1. The van der Waals surface area contributed by atoms with E-state index in [0.29, 0.717) is 0 Å². The minimum absolute atomic E-state index is 0. The predicted octanol–water partition coefficient (Wildman–Crippen LogP) is 5.86. The number of aryl methyl sites for hydroxylation is 2. The minimum atomic E-state index is 0. The maximum atomic E-state index is 4.72. The number of nitrogens with zero attached hydrogens (tertiary/aromatic N) is 3. The molecule has 0 aliphatic carbocycles. The molecular formula is C32H42N4+2. The summed E-state index contributed by atoms with van der Waals surface area (Å²) in [5.41, 5.74) is 10.7. The first kappa shape index (κ1) is 27.3.